The smallest absolute Gasteiger partial charge is 0.342 e. The summed E-state index contributed by atoms with van der Waals surface area (Å²) in [7, 11) is 0. The molecular weight excluding hydrogens is 471 g/mol. The molecule has 1 aromatic heterocycles. The van der Waals surface area contributed by atoms with E-state index < -0.39 is 5.97 Å². The second-order valence-electron chi connectivity index (χ2n) is 7.81. The lowest BCUT2D eigenvalue weighted by atomic mass is 10.0. The molecule has 0 aliphatic rings. The number of rotatable bonds is 8. The lowest BCUT2D eigenvalue weighted by Gasteiger charge is -2.17. The molecule has 4 aromatic rings. The number of esters is 1. The van der Waals surface area contributed by atoms with Crippen molar-refractivity contribution < 1.29 is 14.3 Å². The minimum Gasteiger partial charge on any atom is -0.491 e. The van der Waals surface area contributed by atoms with E-state index in [0.29, 0.717) is 17.7 Å². The van der Waals surface area contributed by atoms with Crippen molar-refractivity contribution in [3.8, 4) is 5.75 Å². The van der Waals surface area contributed by atoms with E-state index in [1.807, 2.05) is 79.7 Å². The van der Waals surface area contributed by atoms with E-state index in [0.717, 1.165) is 27.6 Å². The van der Waals surface area contributed by atoms with Crippen LogP contribution in [-0.4, -0.2) is 23.6 Å². The molecule has 178 valence electrons. The Labute approximate surface area is 212 Å². The van der Waals surface area contributed by atoms with Crippen LogP contribution in [-0.2, 0) is 17.8 Å². The standard InChI is InChI=1S/C27H26N2O3.2ClH/c1-19-14-24-22(16-29-19)12-13-25(31-18-23(28)15-20-8-4-2-5-9-20)26(24)27(30)32-17-21-10-6-3-7-11-21;;/h2-14,16,23H,15,17-18,28H2,1H3;2*1H/t23-;;/m1../s1. The summed E-state index contributed by atoms with van der Waals surface area (Å²) in [6.07, 6.45) is 2.44. The minimum absolute atomic E-state index is 0. The Hall–Kier alpha value is -3.12. The van der Waals surface area contributed by atoms with Gasteiger partial charge in [-0.1, -0.05) is 60.7 Å². The predicted octanol–water partition coefficient (Wildman–Crippen LogP) is 5.69. The van der Waals surface area contributed by atoms with Gasteiger partial charge in [0.1, 0.15) is 24.5 Å². The number of hydrogen-bond donors (Lipinski definition) is 1. The van der Waals surface area contributed by atoms with Crippen LogP contribution in [0.25, 0.3) is 10.8 Å². The van der Waals surface area contributed by atoms with Crippen LogP contribution in [0.1, 0.15) is 27.2 Å². The monoisotopic (exact) mass is 498 g/mol. The van der Waals surface area contributed by atoms with E-state index in [4.69, 9.17) is 15.2 Å². The van der Waals surface area contributed by atoms with Crippen molar-refractivity contribution in [1.29, 1.82) is 0 Å². The molecule has 0 spiro atoms. The van der Waals surface area contributed by atoms with Crippen LogP contribution in [0.2, 0.25) is 0 Å². The third-order valence-corrected chi connectivity index (χ3v) is 5.21. The van der Waals surface area contributed by atoms with Crippen molar-refractivity contribution in [2.24, 2.45) is 5.73 Å². The van der Waals surface area contributed by atoms with Crippen LogP contribution in [0.5, 0.6) is 5.75 Å². The van der Waals surface area contributed by atoms with Crippen LogP contribution in [0.15, 0.2) is 85.1 Å². The molecule has 1 heterocycles. The van der Waals surface area contributed by atoms with E-state index in [1.165, 1.54) is 0 Å². The molecule has 0 aliphatic carbocycles. The lowest BCUT2D eigenvalue weighted by molar-refractivity contribution is 0.0470. The van der Waals surface area contributed by atoms with Crippen LogP contribution in [0, 0.1) is 6.92 Å². The normalized spacial score (nSPS) is 11.1. The van der Waals surface area contributed by atoms with Gasteiger partial charge in [-0.15, -0.1) is 24.8 Å². The second-order valence-corrected chi connectivity index (χ2v) is 7.81. The lowest BCUT2D eigenvalue weighted by Crippen LogP contribution is -2.30. The highest BCUT2D eigenvalue weighted by molar-refractivity contribution is 6.07. The first-order valence-corrected chi connectivity index (χ1v) is 10.6. The third-order valence-electron chi connectivity index (χ3n) is 5.21. The number of carbonyl (C=O) groups is 1. The van der Waals surface area contributed by atoms with Crippen LogP contribution in [0.4, 0.5) is 0 Å². The number of nitrogens with two attached hydrogens (primary N) is 1. The fourth-order valence-corrected chi connectivity index (χ4v) is 3.60. The van der Waals surface area contributed by atoms with Gasteiger partial charge in [0.05, 0.1) is 0 Å². The first kappa shape index (κ1) is 27.1. The molecule has 0 amide bonds. The molecule has 5 nitrogen and oxygen atoms in total. The topological polar surface area (TPSA) is 74.4 Å². The van der Waals surface area contributed by atoms with Crippen LogP contribution >= 0.6 is 24.8 Å². The van der Waals surface area contributed by atoms with Gasteiger partial charge in [0.2, 0.25) is 0 Å². The number of aromatic nitrogens is 1. The van der Waals surface area contributed by atoms with Crippen molar-refractivity contribution in [2.75, 3.05) is 6.61 Å². The average Bonchev–Trinajstić information content (AvgIpc) is 2.82. The molecule has 1 atom stereocenters. The zero-order valence-corrected chi connectivity index (χ0v) is 20.5. The van der Waals surface area contributed by atoms with E-state index >= 15 is 0 Å². The fraction of sp³-hybridized carbons (Fsp3) is 0.185. The molecule has 0 fully saturated rings. The average molecular weight is 499 g/mol. The molecule has 0 aliphatic heterocycles. The van der Waals surface area contributed by atoms with Crippen molar-refractivity contribution in [2.45, 2.75) is 26.0 Å². The summed E-state index contributed by atoms with van der Waals surface area (Å²) < 4.78 is 11.7. The van der Waals surface area contributed by atoms with Crippen molar-refractivity contribution in [3.63, 3.8) is 0 Å². The number of carbonyl (C=O) groups excluding carboxylic acids is 1. The first-order chi connectivity index (χ1) is 15.6. The number of nitrogens with zero attached hydrogens (tertiary/aromatic N) is 1. The molecule has 0 bridgehead atoms. The van der Waals surface area contributed by atoms with Gasteiger partial charge < -0.3 is 15.2 Å². The van der Waals surface area contributed by atoms with E-state index in [1.54, 1.807) is 12.3 Å². The molecule has 0 unspecified atom stereocenters. The van der Waals surface area contributed by atoms with Gasteiger partial charge in [-0.3, -0.25) is 4.98 Å². The van der Waals surface area contributed by atoms with Gasteiger partial charge in [-0.25, -0.2) is 4.79 Å². The zero-order valence-electron chi connectivity index (χ0n) is 18.8. The quantitative estimate of drug-likeness (QED) is 0.315. The Balaban J connectivity index is 0.00000204. The number of halogens is 2. The number of fused-ring (bicyclic) bond motifs is 1. The Morgan fingerprint density at radius 2 is 1.59 bits per heavy atom. The summed E-state index contributed by atoms with van der Waals surface area (Å²) in [6.45, 7) is 2.36. The van der Waals surface area contributed by atoms with Gasteiger partial charge in [-0.2, -0.15) is 0 Å². The van der Waals surface area contributed by atoms with E-state index in [9.17, 15) is 4.79 Å². The molecular formula is C27H28Cl2N2O3. The molecule has 34 heavy (non-hydrogen) atoms. The maximum atomic E-state index is 13.1. The molecule has 4 rings (SSSR count). The summed E-state index contributed by atoms with van der Waals surface area (Å²) in [6, 6.07) is 25.0. The van der Waals surface area contributed by atoms with Gasteiger partial charge >= 0.3 is 5.97 Å². The zero-order chi connectivity index (χ0) is 22.3. The van der Waals surface area contributed by atoms with E-state index in [2.05, 4.69) is 4.98 Å². The summed E-state index contributed by atoms with van der Waals surface area (Å²) >= 11 is 0. The highest BCUT2D eigenvalue weighted by Crippen LogP contribution is 2.29. The highest BCUT2D eigenvalue weighted by atomic mass is 35.5. The summed E-state index contributed by atoms with van der Waals surface area (Å²) in [5, 5.41) is 1.60. The number of ether oxygens (including phenoxy) is 2. The molecule has 3 aromatic carbocycles. The molecule has 2 N–H and O–H groups in total. The summed E-state index contributed by atoms with van der Waals surface area (Å²) in [5.41, 5.74) is 9.58. The Morgan fingerprint density at radius 1 is 0.941 bits per heavy atom. The van der Waals surface area contributed by atoms with Crippen LogP contribution < -0.4 is 10.5 Å². The van der Waals surface area contributed by atoms with Crippen LogP contribution in [0.3, 0.4) is 0 Å². The number of hydrogen-bond acceptors (Lipinski definition) is 5. The van der Waals surface area contributed by atoms with Gasteiger partial charge in [0.15, 0.2) is 0 Å². The third kappa shape index (κ3) is 6.94. The van der Waals surface area contributed by atoms with Crippen molar-refractivity contribution in [3.05, 3.63) is 107 Å². The molecule has 0 radical (unpaired) electrons. The molecule has 0 saturated heterocycles. The van der Waals surface area contributed by atoms with Gasteiger partial charge in [0, 0.05) is 28.7 Å². The Bertz CT molecular complexity index is 1200. The number of pyridine rings is 1. The van der Waals surface area contributed by atoms with Gasteiger partial charge in [0.25, 0.3) is 0 Å². The number of aryl methyl sites for hydroxylation is 1. The Kier molecular flexibility index (Phi) is 10.3. The molecule has 0 saturated carbocycles. The maximum absolute atomic E-state index is 13.1. The first-order valence-electron chi connectivity index (χ1n) is 10.6. The maximum Gasteiger partial charge on any atom is 0.342 e. The Morgan fingerprint density at radius 3 is 2.26 bits per heavy atom. The minimum atomic E-state index is -0.434. The highest BCUT2D eigenvalue weighted by Gasteiger charge is 2.20. The van der Waals surface area contributed by atoms with Crippen molar-refractivity contribution >= 4 is 41.6 Å². The predicted molar refractivity (Wildman–Crippen MR) is 140 cm³/mol. The van der Waals surface area contributed by atoms with Gasteiger partial charge in [-0.05, 0) is 42.7 Å². The second kappa shape index (κ2) is 12.9. The number of benzene rings is 3. The van der Waals surface area contributed by atoms with Crippen molar-refractivity contribution in [1.82, 2.24) is 4.98 Å². The van der Waals surface area contributed by atoms with E-state index in [-0.39, 0.29) is 44.1 Å². The summed E-state index contributed by atoms with van der Waals surface area (Å²) in [4.78, 5) is 17.5. The molecule has 7 heteroatoms. The SMILES string of the molecule is Cc1cc2c(C(=O)OCc3ccccc3)c(OC[C@H](N)Cc3ccccc3)ccc2cn1.Cl.Cl. The largest absolute Gasteiger partial charge is 0.491 e. The summed E-state index contributed by atoms with van der Waals surface area (Å²) in [5.74, 6) is 0.0290. The fourth-order valence-electron chi connectivity index (χ4n) is 3.60.